The van der Waals surface area contributed by atoms with Crippen LogP contribution in [0.5, 0.6) is 0 Å². The highest BCUT2D eigenvalue weighted by molar-refractivity contribution is 5.94. The van der Waals surface area contributed by atoms with Crippen LogP contribution >= 0.6 is 0 Å². The van der Waals surface area contributed by atoms with Crippen LogP contribution in [0.4, 0.5) is 11.5 Å². The van der Waals surface area contributed by atoms with E-state index in [0.717, 1.165) is 18.5 Å². The van der Waals surface area contributed by atoms with Crippen molar-refractivity contribution in [2.45, 2.75) is 25.8 Å². The number of hydrogen-bond acceptors (Lipinski definition) is 4. The van der Waals surface area contributed by atoms with Gasteiger partial charge in [-0.1, -0.05) is 18.2 Å². The molecule has 2 aromatic rings. The third-order valence-electron chi connectivity index (χ3n) is 3.68. The molecule has 0 spiro atoms. The Balaban J connectivity index is 2.17. The summed E-state index contributed by atoms with van der Waals surface area (Å²) >= 11 is 0. The molecule has 2 heterocycles. The van der Waals surface area contributed by atoms with Gasteiger partial charge in [-0.25, -0.2) is 4.79 Å². The van der Waals surface area contributed by atoms with Crippen LogP contribution in [0.3, 0.4) is 0 Å². The topological polar surface area (TPSA) is 66.3 Å². The van der Waals surface area contributed by atoms with Gasteiger partial charge in [0.2, 0.25) is 0 Å². The minimum Gasteiger partial charge on any atom is -0.478 e. The number of aryl methyl sites for hydroxylation is 1. The number of carboxylic acid groups (broad SMARTS) is 1. The van der Waals surface area contributed by atoms with Gasteiger partial charge in [0, 0.05) is 11.7 Å². The molecule has 0 aliphatic carbocycles. The quantitative estimate of drug-likeness (QED) is 0.907. The summed E-state index contributed by atoms with van der Waals surface area (Å²) < 4.78 is 0. The maximum atomic E-state index is 11.4. The smallest absolute Gasteiger partial charge is 0.339 e. The third kappa shape index (κ3) is 2.01. The average Bonchev–Trinajstić information content (AvgIpc) is 2.47. The first-order valence-electron chi connectivity index (χ1n) is 6.60. The number of fused-ring (bicyclic) bond motifs is 1. The minimum atomic E-state index is -0.981. The Hall–Kier alpha value is -2.43. The van der Waals surface area contributed by atoms with Gasteiger partial charge in [-0.15, -0.1) is 5.10 Å². The Labute approximate surface area is 116 Å². The van der Waals surface area contributed by atoms with Crippen molar-refractivity contribution in [2.75, 3.05) is 4.90 Å². The molecule has 1 atom stereocenters. The lowest BCUT2D eigenvalue weighted by Gasteiger charge is -2.36. The van der Waals surface area contributed by atoms with E-state index in [9.17, 15) is 9.90 Å². The lowest BCUT2D eigenvalue weighted by molar-refractivity contribution is 0.0697. The number of aromatic nitrogens is 2. The summed E-state index contributed by atoms with van der Waals surface area (Å²) in [6.07, 6.45) is 3.37. The molecule has 5 heteroatoms. The molecule has 0 fully saturated rings. The number of carbonyl (C=O) groups is 1. The molecular formula is C15H15N3O2. The van der Waals surface area contributed by atoms with E-state index in [4.69, 9.17) is 0 Å². The van der Waals surface area contributed by atoms with Gasteiger partial charge >= 0.3 is 5.97 Å². The molecule has 20 heavy (non-hydrogen) atoms. The second-order valence-electron chi connectivity index (χ2n) is 4.96. The highest BCUT2D eigenvalue weighted by atomic mass is 16.4. The van der Waals surface area contributed by atoms with Crippen molar-refractivity contribution in [3.8, 4) is 0 Å². The minimum absolute atomic E-state index is 0.184. The number of hydrogen-bond donors (Lipinski definition) is 1. The molecule has 102 valence electrons. The Morgan fingerprint density at radius 1 is 1.35 bits per heavy atom. The number of aromatic carboxylic acids is 1. The third-order valence-corrected chi connectivity index (χ3v) is 3.68. The van der Waals surface area contributed by atoms with E-state index in [0.29, 0.717) is 5.82 Å². The molecule has 0 amide bonds. The zero-order valence-electron chi connectivity index (χ0n) is 11.2. The summed E-state index contributed by atoms with van der Waals surface area (Å²) in [5.41, 5.74) is 2.42. The number of nitrogens with zero attached hydrogens (tertiary/aromatic N) is 3. The number of anilines is 2. The Bertz CT molecular complexity index is 657. The van der Waals surface area contributed by atoms with Crippen LogP contribution in [-0.4, -0.2) is 27.3 Å². The van der Waals surface area contributed by atoms with Crippen LogP contribution in [0.1, 0.15) is 29.3 Å². The summed E-state index contributed by atoms with van der Waals surface area (Å²) in [6.45, 7) is 2.08. The fourth-order valence-electron chi connectivity index (χ4n) is 2.68. The summed E-state index contributed by atoms with van der Waals surface area (Å²) in [5, 5.41) is 17.3. The highest BCUT2D eigenvalue weighted by Crippen LogP contribution is 2.36. The van der Waals surface area contributed by atoms with E-state index in [2.05, 4.69) is 23.2 Å². The van der Waals surface area contributed by atoms with E-state index >= 15 is 0 Å². The number of carboxylic acids is 1. The van der Waals surface area contributed by atoms with Gasteiger partial charge < -0.3 is 10.0 Å². The molecule has 1 aliphatic rings. The van der Waals surface area contributed by atoms with E-state index in [-0.39, 0.29) is 11.6 Å². The summed E-state index contributed by atoms with van der Waals surface area (Å²) in [7, 11) is 0. The van der Waals surface area contributed by atoms with Crippen LogP contribution in [0.25, 0.3) is 0 Å². The summed E-state index contributed by atoms with van der Waals surface area (Å²) in [4.78, 5) is 13.4. The van der Waals surface area contributed by atoms with Crippen molar-refractivity contribution in [2.24, 2.45) is 0 Å². The normalized spacial score (nSPS) is 17.6. The molecule has 1 aliphatic heterocycles. The van der Waals surface area contributed by atoms with Crippen LogP contribution in [-0.2, 0) is 6.42 Å². The van der Waals surface area contributed by atoms with Crippen LogP contribution in [0, 0.1) is 0 Å². The SMILES string of the molecule is CC1CCc2ccccc2N1c1nnccc1C(=O)O. The molecule has 1 unspecified atom stereocenters. The van der Waals surface area contributed by atoms with Crippen LogP contribution < -0.4 is 4.90 Å². The maximum Gasteiger partial charge on any atom is 0.339 e. The van der Waals surface area contributed by atoms with Crippen molar-refractivity contribution in [1.82, 2.24) is 10.2 Å². The number of benzene rings is 1. The Morgan fingerprint density at radius 2 is 2.15 bits per heavy atom. The van der Waals surface area contributed by atoms with Gasteiger partial charge in [-0.2, -0.15) is 5.10 Å². The molecule has 3 rings (SSSR count). The molecule has 0 saturated carbocycles. The first-order chi connectivity index (χ1) is 9.68. The second kappa shape index (κ2) is 4.92. The van der Waals surface area contributed by atoms with Crippen molar-refractivity contribution in [1.29, 1.82) is 0 Å². The average molecular weight is 269 g/mol. The molecule has 5 nitrogen and oxygen atoms in total. The predicted molar refractivity (Wildman–Crippen MR) is 75.4 cm³/mol. The predicted octanol–water partition coefficient (Wildman–Crippen LogP) is 2.65. The molecule has 0 bridgehead atoms. The molecular weight excluding hydrogens is 254 g/mol. The fraction of sp³-hybridized carbons (Fsp3) is 0.267. The molecule has 0 saturated heterocycles. The van der Waals surface area contributed by atoms with Gasteiger partial charge in [-0.3, -0.25) is 0 Å². The van der Waals surface area contributed by atoms with Gasteiger partial charge in [0.1, 0.15) is 5.56 Å². The van der Waals surface area contributed by atoms with E-state index in [1.54, 1.807) is 0 Å². The van der Waals surface area contributed by atoms with E-state index in [1.807, 2.05) is 23.1 Å². The Morgan fingerprint density at radius 3 is 2.95 bits per heavy atom. The van der Waals surface area contributed by atoms with Crippen LogP contribution in [0.2, 0.25) is 0 Å². The number of para-hydroxylation sites is 1. The Kier molecular flexibility index (Phi) is 3.10. The lowest BCUT2D eigenvalue weighted by atomic mass is 9.96. The fourth-order valence-corrected chi connectivity index (χ4v) is 2.68. The van der Waals surface area contributed by atoms with Gasteiger partial charge in [0.25, 0.3) is 0 Å². The summed E-state index contributed by atoms with van der Waals surface area (Å²) in [6, 6.07) is 9.73. The molecule has 1 aromatic carbocycles. The van der Waals surface area contributed by atoms with Crippen LogP contribution in [0.15, 0.2) is 36.5 Å². The van der Waals surface area contributed by atoms with Crippen molar-refractivity contribution >= 4 is 17.5 Å². The molecule has 0 radical (unpaired) electrons. The van der Waals surface area contributed by atoms with Gasteiger partial charge in [0.05, 0.1) is 6.20 Å². The van der Waals surface area contributed by atoms with E-state index < -0.39 is 5.97 Å². The zero-order valence-corrected chi connectivity index (χ0v) is 11.2. The monoisotopic (exact) mass is 269 g/mol. The van der Waals surface area contributed by atoms with Gasteiger partial charge in [-0.05, 0) is 37.5 Å². The van der Waals surface area contributed by atoms with Gasteiger partial charge in [0.15, 0.2) is 5.82 Å². The highest BCUT2D eigenvalue weighted by Gasteiger charge is 2.28. The van der Waals surface area contributed by atoms with Crippen molar-refractivity contribution < 1.29 is 9.90 Å². The largest absolute Gasteiger partial charge is 0.478 e. The maximum absolute atomic E-state index is 11.4. The second-order valence-corrected chi connectivity index (χ2v) is 4.96. The standard InChI is InChI=1S/C15H15N3O2/c1-10-6-7-11-4-2-3-5-13(11)18(10)14-12(15(19)20)8-9-16-17-14/h2-5,8-10H,6-7H2,1H3,(H,19,20). The lowest BCUT2D eigenvalue weighted by Crippen LogP contribution is -2.35. The zero-order chi connectivity index (χ0) is 14.1. The molecule has 1 N–H and O–H groups in total. The first kappa shape index (κ1) is 12.6. The first-order valence-corrected chi connectivity index (χ1v) is 6.60. The van der Waals surface area contributed by atoms with Crippen molar-refractivity contribution in [3.05, 3.63) is 47.7 Å². The number of rotatable bonds is 2. The van der Waals surface area contributed by atoms with E-state index in [1.165, 1.54) is 17.8 Å². The molecule has 1 aromatic heterocycles. The summed E-state index contributed by atoms with van der Waals surface area (Å²) in [5.74, 6) is -0.565. The van der Waals surface area contributed by atoms with Crippen molar-refractivity contribution in [3.63, 3.8) is 0 Å².